The molecule has 31 heavy (non-hydrogen) atoms. The van der Waals surface area contributed by atoms with E-state index >= 15 is 0 Å². The Morgan fingerprint density at radius 3 is 2.19 bits per heavy atom. The van der Waals surface area contributed by atoms with Crippen LogP contribution in [0.2, 0.25) is 0 Å². The molecule has 2 heterocycles. The number of methoxy groups -OCH3 is 2. The van der Waals surface area contributed by atoms with Crippen LogP contribution in [-0.2, 0) is 16.6 Å². The van der Waals surface area contributed by atoms with Gasteiger partial charge >= 0.3 is 0 Å². The molecule has 0 radical (unpaired) electrons. The predicted octanol–water partition coefficient (Wildman–Crippen LogP) is 2.29. The Labute approximate surface area is 182 Å². The van der Waals surface area contributed by atoms with Crippen LogP contribution >= 0.6 is 0 Å². The number of rotatable bonds is 7. The molecule has 1 saturated carbocycles. The largest absolute Gasteiger partial charge is 0.497 e. The van der Waals surface area contributed by atoms with Crippen LogP contribution in [0.3, 0.4) is 0 Å². The van der Waals surface area contributed by atoms with E-state index in [0.29, 0.717) is 37.4 Å². The number of carbonyl (C=O) groups is 2. The number of likely N-dealkylation sites (tertiary alicyclic amines) is 1. The van der Waals surface area contributed by atoms with Crippen LogP contribution in [0.25, 0.3) is 0 Å². The highest BCUT2D eigenvalue weighted by Crippen LogP contribution is 2.33. The first-order chi connectivity index (χ1) is 15.0. The summed E-state index contributed by atoms with van der Waals surface area (Å²) in [5.41, 5.74) is 0.834. The molecule has 0 spiro atoms. The normalized spacial score (nSPS) is 17.8. The summed E-state index contributed by atoms with van der Waals surface area (Å²) >= 11 is 0. The van der Waals surface area contributed by atoms with E-state index in [1.54, 1.807) is 26.5 Å². The number of hydrogen-bond acceptors (Lipinski definition) is 5. The van der Waals surface area contributed by atoms with Gasteiger partial charge in [0.05, 0.1) is 14.2 Å². The van der Waals surface area contributed by atoms with Gasteiger partial charge in [0.1, 0.15) is 23.4 Å². The summed E-state index contributed by atoms with van der Waals surface area (Å²) in [5, 5.41) is 3.19. The fraction of sp³-hybridized carbons (Fsp3) is 0.522. The topological polar surface area (TPSA) is 85.7 Å². The van der Waals surface area contributed by atoms with Gasteiger partial charge in [-0.05, 0) is 43.4 Å². The number of piperidine rings is 1. The van der Waals surface area contributed by atoms with E-state index in [-0.39, 0.29) is 23.7 Å². The Bertz CT molecular complexity index is 923. The predicted molar refractivity (Wildman–Crippen MR) is 115 cm³/mol. The molecule has 1 N–H and O–H groups in total. The third-order valence-electron chi connectivity index (χ3n) is 6.21. The van der Waals surface area contributed by atoms with E-state index in [4.69, 9.17) is 9.47 Å². The van der Waals surface area contributed by atoms with Gasteiger partial charge in [-0.25, -0.2) is 4.98 Å². The molecule has 0 bridgehead atoms. The Morgan fingerprint density at radius 1 is 1.03 bits per heavy atom. The molecule has 1 aromatic heterocycles. The van der Waals surface area contributed by atoms with E-state index in [0.717, 1.165) is 24.2 Å². The molecule has 2 aliphatic rings. The first kappa shape index (κ1) is 21.2. The van der Waals surface area contributed by atoms with Crippen molar-refractivity contribution in [2.75, 3.05) is 27.3 Å². The number of amides is 2. The zero-order chi connectivity index (χ0) is 22.0. The Kier molecular flexibility index (Phi) is 6.15. The van der Waals surface area contributed by atoms with Crippen LogP contribution in [-0.4, -0.2) is 53.6 Å². The van der Waals surface area contributed by atoms with Crippen LogP contribution in [0.5, 0.6) is 11.5 Å². The number of benzene rings is 1. The number of nitrogens with zero attached hydrogens (tertiary/aromatic N) is 3. The second-order valence-electron chi connectivity index (χ2n) is 8.36. The Balaban J connectivity index is 1.51. The molecule has 1 aliphatic carbocycles. The van der Waals surface area contributed by atoms with Gasteiger partial charge in [-0.15, -0.1) is 0 Å². The molecular weight excluding hydrogens is 396 g/mol. The standard InChI is InChI=1S/C23H30N4O4/c1-26-11-8-24-21(26)20(17-12-18(30-2)14-19(13-17)31-3)25-22(28)15-6-9-27(10-7-15)23(29)16-4-5-16/h8,11-16,20H,4-7,9-10H2,1-3H3,(H,25,28). The van der Waals surface area contributed by atoms with Crippen molar-refractivity contribution >= 4 is 11.8 Å². The summed E-state index contributed by atoms with van der Waals surface area (Å²) in [4.78, 5) is 31.9. The first-order valence-electron chi connectivity index (χ1n) is 10.8. The maximum Gasteiger partial charge on any atom is 0.225 e. The van der Waals surface area contributed by atoms with E-state index in [9.17, 15) is 9.59 Å². The monoisotopic (exact) mass is 426 g/mol. The minimum atomic E-state index is -0.442. The lowest BCUT2D eigenvalue weighted by molar-refractivity contribution is -0.136. The SMILES string of the molecule is COc1cc(OC)cc(C(NC(=O)C2CCN(C(=O)C3CC3)CC2)c2nccn2C)c1. The molecular formula is C23H30N4O4. The van der Waals surface area contributed by atoms with Crippen molar-refractivity contribution in [1.29, 1.82) is 0 Å². The molecule has 8 nitrogen and oxygen atoms in total. The molecule has 2 aromatic rings. The first-order valence-corrected chi connectivity index (χ1v) is 10.8. The van der Waals surface area contributed by atoms with Gasteiger partial charge in [0.2, 0.25) is 11.8 Å². The molecule has 4 rings (SSSR count). The summed E-state index contributed by atoms with van der Waals surface area (Å²) in [5.74, 6) is 2.36. The molecule has 1 unspecified atom stereocenters. The van der Waals surface area contributed by atoms with Crippen molar-refractivity contribution in [3.05, 3.63) is 42.0 Å². The van der Waals surface area contributed by atoms with Crippen LogP contribution in [0, 0.1) is 11.8 Å². The lowest BCUT2D eigenvalue weighted by atomic mass is 9.94. The van der Waals surface area contributed by atoms with Gasteiger partial charge in [-0.1, -0.05) is 0 Å². The molecule has 166 valence electrons. The van der Waals surface area contributed by atoms with Gasteiger partial charge in [-0.2, -0.15) is 0 Å². The Hall–Kier alpha value is -3.03. The fourth-order valence-electron chi connectivity index (χ4n) is 4.16. The summed E-state index contributed by atoms with van der Waals surface area (Å²) in [6, 6.07) is 5.13. The molecule has 2 fully saturated rings. The smallest absolute Gasteiger partial charge is 0.225 e. The number of carbonyl (C=O) groups excluding carboxylic acids is 2. The van der Waals surface area contributed by atoms with Crippen LogP contribution in [0.4, 0.5) is 0 Å². The minimum Gasteiger partial charge on any atom is -0.497 e. The average molecular weight is 427 g/mol. The van der Waals surface area contributed by atoms with Gasteiger partial charge in [-0.3, -0.25) is 9.59 Å². The maximum atomic E-state index is 13.2. The van der Waals surface area contributed by atoms with Gasteiger partial charge in [0.15, 0.2) is 0 Å². The highest BCUT2D eigenvalue weighted by atomic mass is 16.5. The lowest BCUT2D eigenvalue weighted by Crippen LogP contribution is -2.44. The average Bonchev–Trinajstić information content (AvgIpc) is 3.57. The number of imidazole rings is 1. The number of aryl methyl sites for hydroxylation is 1. The Morgan fingerprint density at radius 2 is 1.68 bits per heavy atom. The van der Waals surface area contributed by atoms with Crippen molar-refractivity contribution in [2.24, 2.45) is 18.9 Å². The molecule has 1 saturated heterocycles. The third kappa shape index (κ3) is 4.68. The summed E-state index contributed by atoms with van der Waals surface area (Å²) in [6.45, 7) is 1.29. The van der Waals surface area contributed by atoms with Crippen molar-refractivity contribution in [2.45, 2.75) is 31.7 Å². The summed E-state index contributed by atoms with van der Waals surface area (Å²) in [6.07, 6.45) is 6.95. The van der Waals surface area contributed by atoms with Crippen molar-refractivity contribution in [3.8, 4) is 11.5 Å². The number of nitrogens with one attached hydrogen (secondary N) is 1. The lowest BCUT2D eigenvalue weighted by Gasteiger charge is -2.32. The molecule has 1 atom stereocenters. The second-order valence-corrected chi connectivity index (χ2v) is 8.36. The van der Waals surface area contributed by atoms with E-state index in [2.05, 4.69) is 10.3 Å². The molecule has 2 amide bonds. The van der Waals surface area contributed by atoms with Gasteiger partial charge in [0.25, 0.3) is 0 Å². The zero-order valence-corrected chi connectivity index (χ0v) is 18.3. The highest BCUT2D eigenvalue weighted by molar-refractivity contribution is 5.82. The van der Waals surface area contributed by atoms with Crippen LogP contribution in [0.15, 0.2) is 30.6 Å². The quantitative estimate of drug-likeness (QED) is 0.734. The van der Waals surface area contributed by atoms with Gasteiger partial charge < -0.3 is 24.3 Å². The highest BCUT2D eigenvalue weighted by Gasteiger charge is 2.36. The van der Waals surface area contributed by atoms with E-state index < -0.39 is 6.04 Å². The zero-order valence-electron chi connectivity index (χ0n) is 18.3. The maximum absolute atomic E-state index is 13.2. The summed E-state index contributed by atoms with van der Waals surface area (Å²) < 4.78 is 12.7. The van der Waals surface area contributed by atoms with Gasteiger partial charge in [0, 0.05) is 50.4 Å². The van der Waals surface area contributed by atoms with Crippen molar-refractivity contribution < 1.29 is 19.1 Å². The molecule has 1 aliphatic heterocycles. The van der Waals surface area contributed by atoms with Crippen LogP contribution in [0.1, 0.15) is 43.1 Å². The molecule has 8 heteroatoms. The summed E-state index contributed by atoms with van der Waals surface area (Å²) in [7, 11) is 5.11. The number of ether oxygens (including phenoxy) is 2. The fourth-order valence-corrected chi connectivity index (χ4v) is 4.16. The van der Waals surface area contributed by atoms with Crippen LogP contribution < -0.4 is 14.8 Å². The number of aromatic nitrogens is 2. The molecule has 1 aromatic carbocycles. The van der Waals surface area contributed by atoms with E-state index in [1.807, 2.05) is 34.8 Å². The third-order valence-corrected chi connectivity index (χ3v) is 6.21. The van der Waals surface area contributed by atoms with Crippen molar-refractivity contribution in [1.82, 2.24) is 19.8 Å². The van der Waals surface area contributed by atoms with Crippen molar-refractivity contribution in [3.63, 3.8) is 0 Å². The van der Waals surface area contributed by atoms with E-state index in [1.165, 1.54) is 0 Å². The minimum absolute atomic E-state index is 0.0201. The second kappa shape index (κ2) is 8.99. The number of hydrogen-bond donors (Lipinski definition) is 1.